The number of benzene rings is 2. The molecular formula is C26H25N7O2. The van der Waals surface area contributed by atoms with Crippen LogP contribution in [0, 0.1) is 5.92 Å². The van der Waals surface area contributed by atoms with Crippen LogP contribution in [0.3, 0.4) is 0 Å². The van der Waals surface area contributed by atoms with Crippen molar-refractivity contribution in [2.45, 2.75) is 24.9 Å². The number of nitrogen functional groups attached to an aromatic ring is 2. The maximum absolute atomic E-state index is 12.4. The second-order valence-electron chi connectivity index (χ2n) is 9.12. The average Bonchev–Trinajstić information content (AvgIpc) is 3.57. The number of nitrogens with two attached hydrogens (primary N) is 2. The molecule has 2 fully saturated rings. The van der Waals surface area contributed by atoms with Gasteiger partial charge in [0.25, 0.3) is 0 Å². The highest BCUT2D eigenvalue weighted by Gasteiger charge is 2.48. The first-order valence-electron chi connectivity index (χ1n) is 11.6. The largest absolute Gasteiger partial charge is 0.457 e. The summed E-state index contributed by atoms with van der Waals surface area (Å²) < 4.78 is 7.86. The highest BCUT2D eigenvalue weighted by atomic mass is 16.5. The second kappa shape index (κ2) is 8.12. The van der Waals surface area contributed by atoms with E-state index in [0.717, 1.165) is 24.9 Å². The molecule has 35 heavy (non-hydrogen) atoms. The Bertz CT molecular complexity index is 1450. The van der Waals surface area contributed by atoms with Crippen LogP contribution >= 0.6 is 0 Å². The van der Waals surface area contributed by atoms with Crippen LogP contribution in [-0.4, -0.2) is 43.1 Å². The van der Waals surface area contributed by atoms with E-state index in [1.807, 2.05) is 52.0 Å². The first-order chi connectivity index (χ1) is 17.0. The zero-order chi connectivity index (χ0) is 24.1. The maximum Gasteiger partial charge on any atom is 0.246 e. The summed E-state index contributed by atoms with van der Waals surface area (Å²) in [5.41, 5.74) is 15.1. The van der Waals surface area contributed by atoms with Gasteiger partial charge in [-0.25, -0.2) is 14.6 Å². The molecule has 3 unspecified atom stereocenters. The van der Waals surface area contributed by atoms with Gasteiger partial charge in [0.15, 0.2) is 5.65 Å². The molecule has 2 bridgehead atoms. The SMILES string of the molecule is C=CC(=O)N1CC2CC1C(n1nc(-c3ccc(Oc4cccc(N)c4)cc3)c3c(N)ncnc31)C2. The monoisotopic (exact) mass is 467 g/mol. The summed E-state index contributed by atoms with van der Waals surface area (Å²) in [6, 6.07) is 15.0. The zero-order valence-corrected chi connectivity index (χ0v) is 19.0. The van der Waals surface area contributed by atoms with Gasteiger partial charge in [-0.05, 0) is 61.2 Å². The number of ether oxygens (including phenoxy) is 1. The number of amides is 1. The van der Waals surface area contributed by atoms with Crippen LogP contribution < -0.4 is 16.2 Å². The first kappa shape index (κ1) is 21.2. The van der Waals surface area contributed by atoms with Gasteiger partial charge in [0.2, 0.25) is 5.91 Å². The summed E-state index contributed by atoms with van der Waals surface area (Å²) in [5, 5.41) is 5.69. The summed E-state index contributed by atoms with van der Waals surface area (Å²) in [6.45, 7) is 4.43. The Balaban J connectivity index is 1.37. The number of rotatable bonds is 5. The van der Waals surface area contributed by atoms with Crippen LogP contribution in [0.2, 0.25) is 0 Å². The van der Waals surface area contributed by atoms with Gasteiger partial charge in [0.1, 0.15) is 29.3 Å². The Morgan fingerprint density at radius 1 is 1.06 bits per heavy atom. The molecule has 1 saturated carbocycles. The second-order valence-corrected chi connectivity index (χ2v) is 9.12. The first-order valence-corrected chi connectivity index (χ1v) is 11.6. The summed E-state index contributed by atoms with van der Waals surface area (Å²) >= 11 is 0. The highest BCUT2D eigenvalue weighted by Crippen LogP contribution is 2.46. The Morgan fingerprint density at radius 2 is 1.86 bits per heavy atom. The molecule has 176 valence electrons. The molecule has 9 heteroatoms. The molecule has 2 aliphatic rings. The molecule has 3 atom stereocenters. The standard InChI is InChI=1S/C26H25N7O2/c1-2-22(34)32-13-15-10-20(32)21(11-15)33-26-23(25(28)29-14-30-26)24(31-33)16-6-8-18(9-7-16)35-19-5-3-4-17(27)12-19/h2-9,12,14-15,20-21H,1,10-11,13,27H2,(H2,28,29,30). The highest BCUT2D eigenvalue weighted by molar-refractivity contribution is 5.98. The van der Waals surface area contributed by atoms with Crippen LogP contribution in [0.25, 0.3) is 22.3 Å². The molecule has 2 aromatic heterocycles. The number of carbonyl (C=O) groups is 1. The van der Waals surface area contributed by atoms with Crippen molar-refractivity contribution in [2.24, 2.45) is 5.92 Å². The predicted molar refractivity (Wildman–Crippen MR) is 134 cm³/mol. The lowest BCUT2D eigenvalue weighted by atomic mass is 10.1. The smallest absolute Gasteiger partial charge is 0.246 e. The lowest BCUT2D eigenvalue weighted by molar-refractivity contribution is -0.128. The average molecular weight is 468 g/mol. The van der Waals surface area contributed by atoms with Crippen molar-refractivity contribution in [2.75, 3.05) is 18.0 Å². The van der Waals surface area contributed by atoms with Crippen LogP contribution in [0.1, 0.15) is 18.9 Å². The van der Waals surface area contributed by atoms with Crippen LogP contribution in [0.15, 0.2) is 67.5 Å². The van der Waals surface area contributed by atoms with Crippen molar-refractivity contribution in [1.29, 1.82) is 0 Å². The topological polar surface area (TPSA) is 125 Å². The Labute approximate surface area is 202 Å². The molecule has 4 N–H and O–H groups in total. The van der Waals surface area contributed by atoms with Gasteiger partial charge in [-0.2, -0.15) is 5.10 Å². The van der Waals surface area contributed by atoms with Crippen molar-refractivity contribution in [3.63, 3.8) is 0 Å². The van der Waals surface area contributed by atoms with Crippen molar-refractivity contribution >= 4 is 28.4 Å². The fraction of sp³-hybridized carbons (Fsp3) is 0.231. The predicted octanol–water partition coefficient (Wildman–Crippen LogP) is 3.80. The lowest BCUT2D eigenvalue weighted by Crippen LogP contribution is -2.42. The van der Waals surface area contributed by atoms with E-state index >= 15 is 0 Å². The number of fused-ring (bicyclic) bond motifs is 3. The summed E-state index contributed by atoms with van der Waals surface area (Å²) in [7, 11) is 0. The van der Waals surface area contributed by atoms with Crippen molar-refractivity contribution in [3.05, 3.63) is 67.5 Å². The number of carbonyl (C=O) groups excluding carboxylic acids is 1. The third-order valence-electron chi connectivity index (χ3n) is 6.96. The number of anilines is 2. The van der Waals surface area contributed by atoms with E-state index in [-0.39, 0.29) is 18.0 Å². The molecule has 1 aliphatic carbocycles. The minimum Gasteiger partial charge on any atom is -0.457 e. The number of hydrogen-bond acceptors (Lipinski definition) is 7. The van der Waals surface area contributed by atoms with Gasteiger partial charge in [0.05, 0.1) is 17.5 Å². The van der Waals surface area contributed by atoms with Gasteiger partial charge >= 0.3 is 0 Å². The van der Waals surface area contributed by atoms with E-state index in [1.54, 1.807) is 6.07 Å². The number of aromatic nitrogens is 4. The third-order valence-corrected chi connectivity index (χ3v) is 6.96. The molecule has 6 rings (SSSR count). The van der Waals surface area contributed by atoms with Crippen molar-refractivity contribution in [1.82, 2.24) is 24.6 Å². The Morgan fingerprint density at radius 3 is 2.60 bits per heavy atom. The minimum atomic E-state index is -0.0382. The van der Waals surface area contributed by atoms with Crippen LogP contribution in [0.5, 0.6) is 11.5 Å². The molecule has 2 aromatic carbocycles. The lowest BCUT2D eigenvalue weighted by Gasteiger charge is -2.32. The number of piperidine rings is 1. The quantitative estimate of drug-likeness (QED) is 0.338. The van der Waals surface area contributed by atoms with Gasteiger partial charge in [-0.1, -0.05) is 12.6 Å². The summed E-state index contributed by atoms with van der Waals surface area (Å²) in [4.78, 5) is 23.1. The van der Waals surface area contributed by atoms with E-state index in [0.29, 0.717) is 45.6 Å². The van der Waals surface area contributed by atoms with Crippen LogP contribution in [0.4, 0.5) is 11.5 Å². The van der Waals surface area contributed by atoms with E-state index in [1.165, 1.54) is 12.4 Å². The molecule has 0 spiro atoms. The zero-order valence-electron chi connectivity index (χ0n) is 19.0. The van der Waals surface area contributed by atoms with E-state index in [9.17, 15) is 4.79 Å². The molecule has 1 saturated heterocycles. The van der Waals surface area contributed by atoms with Gasteiger partial charge < -0.3 is 21.1 Å². The molecule has 3 heterocycles. The Hall–Kier alpha value is -4.40. The molecule has 1 amide bonds. The van der Waals surface area contributed by atoms with Gasteiger partial charge in [-0.3, -0.25) is 4.79 Å². The number of likely N-dealkylation sites (tertiary alicyclic amines) is 1. The molecule has 4 aromatic rings. The normalized spacial score (nSPS) is 20.9. The summed E-state index contributed by atoms with van der Waals surface area (Å²) in [6.07, 6.45) is 4.75. The van der Waals surface area contributed by atoms with Gasteiger partial charge in [0, 0.05) is 23.9 Å². The molecule has 0 radical (unpaired) electrons. The van der Waals surface area contributed by atoms with Gasteiger partial charge in [-0.15, -0.1) is 0 Å². The molecular weight excluding hydrogens is 442 g/mol. The van der Waals surface area contributed by atoms with Crippen LogP contribution in [-0.2, 0) is 4.79 Å². The van der Waals surface area contributed by atoms with E-state index in [2.05, 4.69) is 16.5 Å². The maximum atomic E-state index is 12.4. The third kappa shape index (κ3) is 3.56. The van der Waals surface area contributed by atoms with Crippen molar-refractivity contribution in [3.8, 4) is 22.8 Å². The number of hydrogen-bond donors (Lipinski definition) is 2. The molecule has 1 aliphatic heterocycles. The minimum absolute atomic E-state index is 0.0225. The summed E-state index contributed by atoms with van der Waals surface area (Å²) in [5.74, 6) is 2.13. The van der Waals surface area contributed by atoms with E-state index in [4.69, 9.17) is 21.3 Å². The van der Waals surface area contributed by atoms with Crippen molar-refractivity contribution < 1.29 is 9.53 Å². The Kier molecular flexibility index (Phi) is 4.91. The fourth-order valence-electron chi connectivity index (χ4n) is 5.45. The molecule has 9 nitrogen and oxygen atoms in total. The number of nitrogens with zero attached hydrogens (tertiary/aromatic N) is 5. The van der Waals surface area contributed by atoms with E-state index < -0.39 is 0 Å². The fourth-order valence-corrected chi connectivity index (χ4v) is 5.45.